The third-order valence-electron chi connectivity index (χ3n) is 4.25. The minimum atomic E-state index is 0.0486. The quantitative estimate of drug-likeness (QED) is 0.647. The molecule has 1 heterocycles. The van der Waals surface area contributed by atoms with Gasteiger partial charge < -0.3 is 15.4 Å². The maximum Gasteiger partial charge on any atom is 0.191 e. The van der Waals surface area contributed by atoms with E-state index < -0.39 is 0 Å². The van der Waals surface area contributed by atoms with Crippen LogP contribution in [0.25, 0.3) is 0 Å². The van der Waals surface area contributed by atoms with E-state index >= 15 is 0 Å². The Morgan fingerprint density at radius 1 is 1.32 bits per heavy atom. The Morgan fingerprint density at radius 2 is 2.09 bits per heavy atom. The molecule has 0 unspecified atom stereocenters. The Kier molecular flexibility index (Phi) is 6.52. The Morgan fingerprint density at radius 3 is 2.73 bits per heavy atom. The summed E-state index contributed by atoms with van der Waals surface area (Å²) in [6.07, 6.45) is 3.06. The summed E-state index contributed by atoms with van der Waals surface area (Å²) in [5.74, 6) is 0.856. The number of hydrogen-bond acceptors (Lipinski definition) is 2. The topological polar surface area (TPSA) is 45.7 Å². The third kappa shape index (κ3) is 4.37. The van der Waals surface area contributed by atoms with Gasteiger partial charge in [-0.3, -0.25) is 4.99 Å². The zero-order valence-electron chi connectivity index (χ0n) is 13.5. The van der Waals surface area contributed by atoms with Crippen LogP contribution in [0.3, 0.4) is 0 Å². The summed E-state index contributed by atoms with van der Waals surface area (Å²) >= 11 is 6.20. The SMILES string of the molecule is CCCNC(=NC)NCC1(c2cccc(Cl)c2)CCOCC1. The minimum absolute atomic E-state index is 0.0486. The van der Waals surface area contributed by atoms with Crippen molar-refractivity contribution in [3.8, 4) is 0 Å². The summed E-state index contributed by atoms with van der Waals surface area (Å²) in [6.45, 7) is 5.48. The van der Waals surface area contributed by atoms with Crippen LogP contribution >= 0.6 is 11.6 Å². The monoisotopic (exact) mass is 323 g/mol. The van der Waals surface area contributed by atoms with Gasteiger partial charge in [0.2, 0.25) is 0 Å². The van der Waals surface area contributed by atoms with Crippen molar-refractivity contribution in [1.29, 1.82) is 0 Å². The third-order valence-corrected chi connectivity index (χ3v) is 4.48. The predicted molar refractivity (Wildman–Crippen MR) is 92.8 cm³/mol. The molecule has 0 radical (unpaired) electrons. The van der Waals surface area contributed by atoms with Crippen LogP contribution in [0.4, 0.5) is 0 Å². The maximum atomic E-state index is 6.20. The van der Waals surface area contributed by atoms with Gasteiger partial charge in [-0.1, -0.05) is 30.7 Å². The van der Waals surface area contributed by atoms with E-state index in [1.54, 1.807) is 7.05 Å². The van der Waals surface area contributed by atoms with Crippen molar-refractivity contribution in [2.75, 3.05) is 33.4 Å². The van der Waals surface area contributed by atoms with Crippen LogP contribution in [-0.4, -0.2) is 39.3 Å². The molecule has 5 heteroatoms. The Labute approximate surface area is 138 Å². The van der Waals surface area contributed by atoms with Crippen LogP contribution in [0.1, 0.15) is 31.7 Å². The lowest BCUT2D eigenvalue weighted by Crippen LogP contribution is -2.48. The first kappa shape index (κ1) is 17.1. The lowest BCUT2D eigenvalue weighted by molar-refractivity contribution is 0.0514. The molecule has 22 heavy (non-hydrogen) atoms. The molecule has 2 N–H and O–H groups in total. The number of aliphatic imine (C=N–C) groups is 1. The molecular weight excluding hydrogens is 298 g/mol. The molecule has 0 spiro atoms. The van der Waals surface area contributed by atoms with Crippen LogP contribution in [0.5, 0.6) is 0 Å². The first-order valence-corrected chi connectivity index (χ1v) is 8.36. The van der Waals surface area contributed by atoms with Crippen LogP contribution in [-0.2, 0) is 10.2 Å². The van der Waals surface area contributed by atoms with Gasteiger partial charge in [-0.15, -0.1) is 0 Å². The standard InChI is InChI=1S/C17H26ClN3O/c1-3-9-20-16(19-2)21-13-17(7-10-22-11-8-17)14-5-4-6-15(18)12-14/h4-6,12H,3,7-11,13H2,1-2H3,(H2,19,20,21). The zero-order valence-corrected chi connectivity index (χ0v) is 14.2. The number of benzene rings is 1. The van der Waals surface area contributed by atoms with Gasteiger partial charge in [0.1, 0.15) is 0 Å². The average molecular weight is 324 g/mol. The van der Waals surface area contributed by atoms with E-state index in [-0.39, 0.29) is 5.41 Å². The van der Waals surface area contributed by atoms with E-state index in [1.807, 2.05) is 12.1 Å². The lowest BCUT2D eigenvalue weighted by Gasteiger charge is -2.38. The molecule has 1 saturated heterocycles. The van der Waals surface area contributed by atoms with Gasteiger partial charge in [-0.2, -0.15) is 0 Å². The first-order chi connectivity index (χ1) is 10.7. The molecule has 2 rings (SSSR count). The van der Waals surface area contributed by atoms with Crippen LogP contribution < -0.4 is 10.6 Å². The number of guanidine groups is 1. The summed E-state index contributed by atoms with van der Waals surface area (Å²) in [6, 6.07) is 8.20. The molecule has 1 aromatic carbocycles. The zero-order chi connectivity index (χ0) is 15.8. The molecule has 0 aromatic heterocycles. The second kappa shape index (κ2) is 8.39. The molecule has 122 valence electrons. The molecule has 1 aliphatic rings. The predicted octanol–water partition coefficient (Wildman–Crippen LogP) is 2.96. The fourth-order valence-corrected chi connectivity index (χ4v) is 3.06. The molecule has 1 aliphatic heterocycles. The Hall–Kier alpha value is -1.26. The maximum absolute atomic E-state index is 6.20. The largest absolute Gasteiger partial charge is 0.381 e. The van der Waals surface area contributed by atoms with E-state index in [4.69, 9.17) is 16.3 Å². The first-order valence-electron chi connectivity index (χ1n) is 7.98. The highest BCUT2D eigenvalue weighted by molar-refractivity contribution is 6.30. The van der Waals surface area contributed by atoms with Crippen molar-refractivity contribution >= 4 is 17.6 Å². The van der Waals surface area contributed by atoms with Gasteiger partial charge in [-0.05, 0) is 37.0 Å². The number of ether oxygens (including phenoxy) is 1. The van der Waals surface area contributed by atoms with Crippen LogP contribution in [0, 0.1) is 0 Å². The number of halogens is 1. The molecule has 0 atom stereocenters. The molecule has 0 aliphatic carbocycles. The molecule has 0 bridgehead atoms. The second-order valence-corrected chi connectivity index (χ2v) is 6.19. The molecule has 1 aromatic rings. The van der Waals surface area contributed by atoms with Gasteiger partial charge in [0, 0.05) is 43.8 Å². The molecular formula is C17H26ClN3O. The number of nitrogens with one attached hydrogen (secondary N) is 2. The van der Waals surface area contributed by atoms with E-state index in [2.05, 4.69) is 34.7 Å². The highest BCUT2D eigenvalue weighted by atomic mass is 35.5. The second-order valence-electron chi connectivity index (χ2n) is 5.76. The van der Waals surface area contributed by atoms with Crippen molar-refractivity contribution in [3.63, 3.8) is 0 Å². The van der Waals surface area contributed by atoms with Crippen molar-refractivity contribution in [2.45, 2.75) is 31.6 Å². The van der Waals surface area contributed by atoms with Crippen molar-refractivity contribution in [3.05, 3.63) is 34.9 Å². The lowest BCUT2D eigenvalue weighted by atomic mass is 9.74. The summed E-state index contributed by atoms with van der Waals surface area (Å²) in [5.41, 5.74) is 1.33. The van der Waals surface area contributed by atoms with Crippen LogP contribution in [0.2, 0.25) is 5.02 Å². The normalized spacial score (nSPS) is 18.0. The highest BCUT2D eigenvalue weighted by Gasteiger charge is 2.34. The molecule has 4 nitrogen and oxygen atoms in total. The molecule has 0 saturated carbocycles. The fraction of sp³-hybridized carbons (Fsp3) is 0.588. The highest BCUT2D eigenvalue weighted by Crippen LogP contribution is 2.35. The van der Waals surface area contributed by atoms with Crippen molar-refractivity contribution in [2.24, 2.45) is 4.99 Å². The Bertz CT molecular complexity index is 498. The summed E-state index contributed by atoms with van der Waals surface area (Å²) in [4.78, 5) is 4.29. The van der Waals surface area contributed by atoms with Gasteiger partial charge in [-0.25, -0.2) is 0 Å². The summed E-state index contributed by atoms with van der Waals surface area (Å²) in [7, 11) is 1.81. The summed E-state index contributed by atoms with van der Waals surface area (Å²) in [5, 5.41) is 7.58. The number of rotatable bonds is 5. The van der Waals surface area contributed by atoms with E-state index in [0.717, 1.165) is 56.5 Å². The molecule has 0 amide bonds. The van der Waals surface area contributed by atoms with Crippen molar-refractivity contribution in [1.82, 2.24) is 10.6 Å². The van der Waals surface area contributed by atoms with Gasteiger partial charge >= 0.3 is 0 Å². The average Bonchev–Trinajstić information content (AvgIpc) is 2.56. The Balaban J connectivity index is 2.12. The van der Waals surface area contributed by atoms with E-state index in [1.165, 1.54) is 5.56 Å². The molecule has 1 fully saturated rings. The summed E-state index contributed by atoms with van der Waals surface area (Å²) < 4.78 is 5.57. The van der Waals surface area contributed by atoms with Gasteiger partial charge in [0.15, 0.2) is 5.96 Å². The van der Waals surface area contributed by atoms with Crippen molar-refractivity contribution < 1.29 is 4.74 Å². The van der Waals surface area contributed by atoms with E-state index in [9.17, 15) is 0 Å². The number of nitrogens with zero attached hydrogens (tertiary/aromatic N) is 1. The fourth-order valence-electron chi connectivity index (χ4n) is 2.86. The van der Waals surface area contributed by atoms with Gasteiger partial charge in [0.05, 0.1) is 0 Å². The van der Waals surface area contributed by atoms with Crippen LogP contribution in [0.15, 0.2) is 29.3 Å². The number of hydrogen-bond donors (Lipinski definition) is 2. The van der Waals surface area contributed by atoms with E-state index in [0.29, 0.717) is 0 Å². The minimum Gasteiger partial charge on any atom is -0.381 e. The van der Waals surface area contributed by atoms with Gasteiger partial charge in [0.25, 0.3) is 0 Å². The smallest absolute Gasteiger partial charge is 0.191 e.